The van der Waals surface area contributed by atoms with Crippen molar-refractivity contribution in [1.82, 2.24) is 15.1 Å². The van der Waals surface area contributed by atoms with Crippen LogP contribution in [0, 0.1) is 0 Å². The van der Waals surface area contributed by atoms with Crippen molar-refractivity contribution >= 4 is 23.9 Å². The summed E-state index contributed by atoms with van der Waals surface area (Å²) in [4.78, 5) is 53.8. The van der Waals surface area contributed by atoms with E-state index in [0.717, 1.165) is 18.4 Å². The largest absolute Gasteiger partial charge is 0.459 e. The predicted molar refractivity (Wildman–Crippen MR) is 169 cm³/mol. The number of carbonyl (C=O) groups excluding carboxylic acids is 4. The number of esters is 1. The molecule has 0 aromatic heterocycles. The highest BCUT2D eigenvalue weighted by Gasteiger charge is 2.34. The molecule has 0 saturated carbocycles. The normalized spacial score (nSPS) is 13.8. The van der Waals surface area contributed by atoms with Crippen LogP contribution in [-0.2, 0) is 25.6 Å². The summed E-state index contributed by atoms with van der Waals surface area (Å²) in [5.41, 5.74) is 0.777. The van der Waals surface area contributed by atoms with Crippen molar-refractivity contribution in [3.8, 4) is 0 Å². The molecule has 1 N–H and O–H groups in total. The quantitative estimate of drug-likeness (QED) is 0.130. The fraction of sp³-hybridized carbons (Fsp3) is 0.706. The van der Waals surface area contributed by atoms with E-state index >= 15 is 0 Å². The van der Waals surface area contributed by atoms with Crippen LogP contribution in [0.3, 0.4) is 0 Å². The molecule has 0 radical (unpaired) electrons. The zero-order valence-corrected chi connectivity index (χ0v) is 27.3. The monoisotopic (exact) mass is 601 g/mol. The number of unbranched alkanes of at least 4 members (excludes halogenated alkanes) is 9. The summed E-state index contributed by atoms with van der Waals surface area (Å²) < 4.78 is 10.5. The summed E-state index contributed by atoms with van der Waals surface area (Å²) in [6.45, 7) is 11.2. The van der Waals surface area contributed by atoms with E-state index in [1.807, 2.05) is 32.9 Å². The van der Waals surface area contributed by atoms with Gasteiger partial charge < -0.3 is 24.6 Å². The summed E-state index contributed by atoms with van der Waals surface area (Å²) in [5, 5.41) is 3.00. The Bertz CT molecular complexity index is 996. The van der Waals surface area contributed by atoms with Crippen LogP contribution < -0.4 is 5.32 Å². The smallest absolute Gasteiger partial charge is 0.410 e. The molecule has 0 spiro atoms. The molecule has 1 saturated heterocycles. The molecule has 0 bridgehead atoms. The first-order chi connectivity index (χ1) is 20.6. The van der Waals surface area contributed by atoms with Crippen molar-refractivity contribution in [1.29, 1.82) is 0 Å². The molecule has 43 heavy (non-hydrogen) atoms. The highest BCUT2D eigenvalue weighted by Crippen LogP contribution is 2.22. The Kier molecular flexibility index (Phi) is 16.1. The van der Waals surface area contributed by atoms with Crippen LogP contribution in [0.5, 0.6) is 0 Å². The van der Waals surface area contributed by atoms with E-state index in [4.69, 9.17) is 9.47 Å². The third-order valence-corrected chi connectivity index (χ3v) is 7.65. The van der Waals surface area contributed by atoms with Crippen LogP contribution in [0.15, 0.2) is 24.3 Å². The standard InChI is InChI=1S/C34H55N3O6/c1-6-8-9-10-11-12-13-14-15-16-23-35-30(38)28-19-17-27(18-20-28)26-37(31(39)32(40)42-7-2)29-21-24-36(25-22-29)33(41)43-34(3,4)5/h17-20,29H,6-16,21-26H2,1-5H3,(H,35,38). The predicted octanol–water partition coefficient (Wildman–Crippen LogP) is 6.63. The number of likely N-dealkylation sites (tertiary alicyclic amines) is 1. The molecule has 9 nitrogen and oxygen atoms in total. The molecule has 1 aliphatic rings. The van der Waals surface area contributed by atoms with E-state index in [1.165, 1.54) is 56.3 Å². The molecule has 1 aromatic carbocycles. The lowest BCUT2D eigenvalue weighted by atomic mass is 10.0. The van der Waals surface area contributed by atoms with Crippen molar-refractivity contribution in [3.05, 3.63) is 35.4 Å². The number of nitrogens with zero attached hydrogens (tertiary/aromatic N) is 2. The average Bonchev–Trinajstić information content (AvgIpc) is 2.98. The molecular formula is C34H55N3O6. The number of nitrogens with one attached hydrogen (secondary N) is 1. The number of piperidine rings is 1. The number of ether oxygens (including phenoxy) is 2. The lowest BCUT2D eigenvalue weighted by Gasteiger charge is -2.38. The van der Waals surface area contributed by atoms with E-state index in [1.54, 1.807) is 24.0 Å². The molecule has 2 rings (SSSR count). The molecule has 3 amide bonds. The summed E-state index contributed by atoms with van der Waals surface area (Å²) in [7, 11) is 0. The van der Waals surface area contributed by atoms with Gasteiger partial charge >= 0.3 is 18.0 Å². The molecule has 242 valence electrons. The minimum atomic E-state index is -0.889. The molecule has 1 heterocycles. The van der Waals surface area contributed by atoms with Crippen molar-refractivity contribution in [2.75, 3.05) is 26.2 Å². The van der Waals surface area contributed by atoms with Gasteiger partial charge in [0.2, 0.25) is 0 Å². The number of hydrogen-bond acceptors (Lipinski definition) is 6. The topological polar surface area (TPSA) is 105 Å². The first-order valence-electron chi connectivity index (χ1n) is 16.4. The second-order valence-electron chi connectivity index (χ2n) is 12.5. The third kappa shape index (κ3) is 13.8. The Morgan fingerprint density at radius 3 is 1.95 bits per heavy atom. The summed E-state index contributed by atoms with van der Waals surface area (Å²) in [6.07, 6.45) is 13.2. The van der Waals surface area contributed by atoms with Crippen LogP contribution in [0.4, 0.5) is 4.79 Å². The first kappa shape index (κ1) is 36.1. The van der Waals surface area contributed by atoms with E-state index in [2.05, 4.69) is 12.2 Å². The van der Waals surface area contributed by atoms with Gasteiger partial charge in [-0.05, 0) is 64.7 Å². The van der Waals surface area contributed by atoms with Gasteiger partial charge in [-0.2, -0.15) is 0 Å². The maximum Gasteiger partial charge on any atom is 0.410 e. The van der Waals surface area contributed by atoms with E-state index in [0.29, 0.717) is 38.0 Å². The number of amides is 3. The maximum atomic E-state index is 13.1. The average molecular weight is 602 g/mol. The second-order valence-corrected chi connectivity index (χ2v) is 12.5. The van der Waals surface area contributed by atoms with E-state index < -0.39 is 17.5 Å². The Morgan fingerprint density at radius 2 is 1.42 bits per heavy atom. The highest BCUT2D eigenvalue weighted by atomic mass is 16.6. The molecule has 1 aromatic rings. The van der Waals surface area contributed by atoms with Crippen molar-refractivity contribution in [2.24, 2.45) is 0 Å². The summed E-state index contributed by atoms with van der Waals surface area (Å²) in [5.74, 6) is -1.70. The molecule has 1 fully saturated rings. The minimum Gasteiger partial charge on any atom is -0.459 e. The lowest BCUT2D eigenvalue weighted by molar-refractivity contribution is -0.162. The van der Waals surface area contributed by atoms with E-state index in [9.17, 15) is 19.2 Å². The molecule has 1 aliphatic heterocycles. The van der Waals surface area contributed by atoms with Gasteiger partial charge in [-0.15, -0.1) is 0 Å². The minimum absolute atomic E-state index is 0.110. The van der Waals surface area contributed by atoms with Crippen LogP contribution >= 0.6 is 0 Å². The first-order valence-corrected chi connectivity index (χ1v) is 16.4. The third-order valence-electron chi connectivity index (χ3n) is 7.65. The number of carbonyl (C=O) groups is 4. The lowest BCUT2D eigenvalue weighted by Crippen LogP contribution is -2.51. The SMILES string of the molecule is CCCCCCCCCCCCNC(=O)c1ccc(CN(C(=O)C(=O)OCC)C2CCN(C(=O)OC(C)(C)C)CC2)cc1. The second kappa shape index (κ2) is 19.2. The highest BCUT2D eigenvalue weighted by molar-refractivity contribution is 6.32. The zero-order chi connectivity index (χ0) is 31.7. The van der Waals surface area contributed by atoms with Crippen molar-refractivity contribution in [2.45, 2.75) is 130 Å². The maximum absolute atomic E-state index is 13.1. The van der Waals surface area contributed by atoms with Gasteiger partial charge in [0.15, 0.2) is 0 Å². The molecular weight excluding hydrogens is 546 g/mol. The van der Waals surface area contributed by atoms with Gasteiger partial charge in [-0.3, -0.25) is 9.59 Å². The fourth-order valence-corrected chi connectivity index (χ4v) is 5.24. The summed E-state index contributed by atoms with van der Waals surface area (Å²) >= 11 is 0. The van der Waals surface area contributed by atoms with Crippen molar-refractivity contribution < 1.29 is 28.7 Å². The van der Waals surface area contributed by atoms with Gasteiger partial charge in [-0.25, -0.2) is 9.59 Å². The number of benzene rings is 1. The Morgan fingerprint density at radius 1 is 0.860 bits per heavy atom. The van der Waals surface area contributed by atoms with Crippen molar-refractivity contribution in [3.63, 3.8) is 0 Å². The van der Waals surface area contributed by atoms with Gasteiger partial charge in [0, 0.05) is 37.8 Å². The zero-order valence-electron chi connectivity index (χ0n) is 27.3. The van der Waals surface area contributed by atoms with Gasteiger partial charge in [0.05, 0.1) is 6.61 Å². The molecule has 0 aliphatic carbocycles. The van der Waals surface area contributed by atoms with Crippen LogP contribution in [0.25, 0.3) is 0 Å². The van der Waals surface area contributed by atoms with Crippen LogP contribution in [0.2, 0.25) is 0 Å². The number of hydrogen-bond donors (Lipinski definition) is 1. The Labute approximate surface area is 259 Å². The van der Waals surface area contributed by atoms with Crippen LogP contribution in [-0.4, -0.2) is 71.6 Å². The van der Waals surface area contributed by atoms with Gasteiger partial charge in [0.25, 0.3) is 5.91 Å². The van der Waals surface area contributed by atoms with Gasteiger partial charge in [0.1, 0.15) is 5.60 Å². The fourth-order valence-electron chi connectivity index (χ4n) is 5.24. The number of rotatable bonds is 16. The van der Waals surface area contributed by atoms with Gasteiger partial charge in [-0.1, -0.05) is 76.8 Å². The Hall–Kier alpha value is -3.10. The molecule has 0 unspecified atom stereocenters. The van der Waals surface area contributed by atoms with Crippen LogP contribution in [0.1, 0.15) is 128 Å². The van der Waals surface area contributed by atoms with E-state index in [-0.39, 0.29) is 31.2 Å². The molecule has 0 atom stereocenters. The Balaban J connectivity index is 1.85. The molecule has 9 heteroatoms. The summed E-state index contributed by atoms with van der Waals surface area (Å²) in [6, 6.07) is 6.90.